The SMILES string of the molecule is COc1ccc(-c2nc(N3CCN(C)CC3)no2)cc1N. The van der Waals surface area contributed by atoms with Gasteiger partial charge in [-0.15, -0.1) is 0 Å². The molecule has 3 rings (SSSR count). The second kappa shape index (κ2) is 5.61. The van der Waals surface area contributed by atoms with Gasteiger partial charge in [0.25, 0.3) is 11.8 Å². The van der Waals surface area contributed by atoms with Gasteiger partial charge < -0.3 is 24.8 Å². The number of aromatic nitrogens is 2. The number of piperazine rings is 1. The molecule has 7 nitrogen and oxygen atoms in total. The van der Waals surface area contributed by atoms with E-state index in [9.17, 15) is 0 Å². The van der Waals surface area contributed by atoms with Crippen LogP contribution in [0, 0.1) is 0 Å². The first-order valence-corrected chi connectivity index (χ1v) is 6.88. The van der Waals surface area contributed by atoms with Gasteiger partial charge in [0.15, 0.2) is 0 Å². The number of rotatable bonds is 3. The maximum atomic E-state index is 5.90. The molecule has 7 heteroatoms. The highest BCUT2D eigenvalue weighted by Crippen LogP contribution is 2.28. The van der Waals surface area contributed by atoms with Crippen LogP contribution < -0.4 is 15.4 Å². The lowest BCUT2D eigenvalue weighted by atomic mass is 10.2. The standard InChI is InChI=1S/C14H19N5O2/c1-18-5-7-19(8-6-18)14-16-13(21-17-14)10-3-4-12(20-2)11(15)9-10/h3-4,9H,5-8,15H2,1-2H3. The summed E-state index contributed by atoms with van der Waals surface area (Å²) in [6.45, 7) is 3.80. The Morgan fingerprint density at radius 2 is 2.00 bits per heavy atom. The van der Waals surface area contributed by atoms with Crippen molar-refractivity contribution in [3.63, 3.8) is 0 Å². The van der Waals surface area contributed by atoms with E-state index in [1.54, 1.807) is 19.2 Å². The van der Waals surface area contributed by atoms with Crippen LogP contribution in [0.1, 0.15) is 0 Å². The molecule has 2 aromatic rings. The number of nitrogens with zero attached hydrogens (tertiary/aromatic N) is 4. The summed E-state index contributed by atoms with van der Waals surface area (Å²) >= 11 is 0. The summed E-state index contributed by atoms with van der Waals surface area (Å²) in [5.41, 5.74) is 7.25. The lowest BCUT2D eigenvalue weighted by molar-refractivity contribution is 0.309. The Morgan fingerprint density at radius 3 is 2.67 bits per heavy atom. The van der Waals surface area contributed by atoms with Gasteiger partial charge in [-0.3, -0.25) is 0 Å². The predicted octanol–water partition coefficient (Wildman–Crippen LogP) is 1.08. The number of methoxy groups -OCH3 is 1. The molecule has 0 aliphatic carbocycles. The second-order valence-electron chi connectivity index (χ2n) is 5.15. The molecule has 0 bridgehead atoms. The van der Waals surface area contributed by atoms with Gasteiger partial charge >= 0.3 is 0 Å². The third-order valence-electron chi connectivity index (χ3n) is 3.68. The third kappa shape index (κ3) is 2.78. The lowest BCUT2D eigenvalue weighted by Crippen LogP contribution is -2.44. The fourth-order valence-electron chi connectivity index (χ4n) is 2.34. The van der Waals surface area contributed by atoms with Crippen molar-refractivity contribution in [1.29, 1.82) is 0 Å². The van der Waals surface area contributed by atoms with Crippen LogP contribution >= 0.6 is 0 Å². The fraction of sp³-hybridized carbons (Fsp3) is 0.429. The van der Waals surface area contributed by atoms with E-state index in [4.69, 9.17) is 15.0 Å². The van der Waals surface area contributed by atoms with Crippen LogP contribution in [-0.4, -0.2) is 55.4 Å². The van der Waals surface area contributed by atoms with Crippen molar-refractivity contribution in [3.05, 3.63) is 18.2 Å². The van der Waals surface area contributed by atoms with E-state index in [-0.39, 0.29) is 0 Å². The van der Waals surface area contributed by atoms with Gasteiger partial charge in [-0.1, -0.05) is 0 Å². The summed E-state index contributed by atoms with van der Waals surface area (Å²) in [5, 5.41) is 4.06. The summed E-state index contributed by atoms with van der Waals surface area (Å²) in [6, 6.07) is 5.43. The average molecular weight is 289 g/mol. The van der Waals surface area contributed by atoms with Gasteiger partial charge in [0.2, 0.25) is 0 Å². The topological polar surface area (TPSA) is 80.7 Å². The minimum atomic E-state index is 0.471. The summed E-state index contributed by atoms with van der Waals surface area (Å²) in [7, 11) is 3.70. The first kappa shape index (κ1) is 13.7. The van der Waals surface area contributed by atoms with Crippen molar-refractivity contribution >= 4 is 11.6 Å². The normalized spacial score (nSPS) is 16.2. The van der Waals surface area contributed by atoms with Crippen LogP contribution in [0.3, 0.4) is 0 Å². The summed E-state index contributed by atoms with van der Waals surface area (Å²) in [5.74, 6) is 1.74. The van der Waals surface area contributed by atoms with Crippen LogP contribution in [-0.2, 0) is 0 Å². The van der Waals surface area contributed by atoms with Gasteiger partial charge in [-0.2, -0.15) is 4.98 Å². The van der Waals surface area contributed by atoms with Crippen molar-refractivity contribution in [1.82, 2.24) is 15.0 Å². The van der Waals surface area contributed by atoms with E-state index in [1.807, 2.05) is 6.07 Å². The highest BCUT2D eigenvalue weighted by atomic mass is 16.5. The van der Waals surface area contributed by atoms with E-state index < -0.39 is 0 Å². The predicted molar refractivity (Wildman–Crippen MR) is 80.4 cm³/mol. The van der Waals surface area contributed by atoms with E-state index in [1.165, 1.54) is 0 Å². The summed E-state index contributed by atoms with van der Waals surface area (Å²) in [6.07, 6.45) is 0. The van der Waals surface area contributed by atoms with Crippen molar-refractivity contribution in [2.24, 2.45) is 0 Å². The molecule has 0 unspecified atom stereocenters. The number of benzene rings is 1. The molecule has 0 atom stereocenters. The maximum Gasteiger partial charge on any atom is 0.266 e. The van der Waals surface area contributed by atoms with Crippen LogP contribution in [0.5, 0.6) is 5.75 Å². The molecule has 1 saturated heterocycles. The molecule has 112 valence electrons. The molecule has 1 aliphatic rings. The molecule has 0 saturated carbocycles. The number of hydrogen-bond donors (Lipinski definition) is 1. The monoisotopic (exact) mass is 289 g/mol. The van der Waals surface area contributed by atoms with Crippen LogP contribution in [0.4, 0.5) is 11.6 Å². The average Bonchev–Trinajstić information content (AvgIpc) is 2.98. The molecule has 1 fully saturated rings. The Labute approximate surface area is 123 Å². The first-order valence-electron chi connectivity index (χ1n) is 6.88. The van der Waals surface area contributed by atoms with E-state index in [0.29, 0.717) is 23.3 Å². The summed E-state index contributed by atoms with van der Waals surface area (Å²) in [4.78, 5) is 8.86. The number of likely N-dealkylation sites (N-methyl/N-ethyl adjacent to an activating group) is 1. The maximum absolute atomic E-state index is 5.90. The largest absolute Gasteiger partial charge is 0.495 e. The molecule has 0 spiro atoms. The van der Waals surface area contributed by atoms with Crippen molar-refractivity contribution in [2.75, 3.05) is 51.0 Å². The number of hydrogen-bond acceptors (Lipinski definition) is 7. The highest BCUT2D eigenvalue weighted by molar-refractivity contribution is 5.65. The van der Waals surface area contributed by atoms with Crippen LogP contribution in [0.25, 0.3) is 11.5 Å². The zero-order valence-corrected chi connectivity index (χ0v) is 12.2. The van der Waals surface area contributed by atoms with Crippen LogP contribution in [0.2, 0.25) is 0 Å². The molecular weight excluding hydrogens is 270 g/mol. The fourth-order valence-corrected chi connectivity index (χ4v) is 2.34. The van der Waals surface area contributed by atoms with Gasteiger partial charge in [-0.05, 0) is 30.4 Å². The molecule has 0 radical (unpaired) electrons. The zero-order chi connectivity index (χ0) is 14.8. The van der Waals surface area contributed by atoms with Crippen molar-refractivity contribution in [3.8, 4) is 17.2 Å². The molecule has 2 heterocycles. The second-order valence-corrected chi connectivity index (χ2v) is 5.15. The van der Waals surface area contributed by atoms with Crippen LogP contribution in [0.15, 0.2) is 22.7 Å². The van der Waals surface area contributed by atoms with Crippen molar-refractivity contribution < 1.29 is 9.26 Å². The number of nitrogen functional groups attached to an aromatic ring is 1. The summed E-state index contributed by atoms with van der Waals surface area (Å²) < 4.78 is 10.5. The Bertz CT molecular complexity index is 620. The molecular formula is C14H19N5O2. The van der Waals surface area contributed by atoms with Gasteiger partial charge in [-0.25, -0.2) is 0 Å². The smallest absolute Gasteiger partial charge is 0.266 e. The Kier molecular flexibility index (Phi) is 3.66. The molecule has 21 heavy (non-hydrogen) atoms. The van der Waals surface area contributed by atoms with E-state index in [2.05, 4.69) is 27.0 Å². The highest BCUT2D eigenvalue weighted by Gasteiger charge is 2.19. The molecule has 2 N–H and O–H groups in total. The van der Waals surface area contributed by atoms with Crippen molar-refractivity contribution in [2.45, 2.75) is 0 Å². The molecule has 1 aromatic heterocycles. The number of anilines is 2. The Morgan fingerprint density at radius 1 is 1.24 bits per heavy atom. The minimum absolute atomic E-state index is 0.471. The lowest BCUT2D eigenvalue weighted by Gasteiger charge is -2.31. The first-order chi connectivity index (χ1) is 10.2. The molecule has 1 aliphatic heterocycles. The Hall–Kier alpha value is -2.28. The van der Waals surface area contributed by atoms with E-state index in [0.717, 1.165) is 31.7 Å². The molecule has 1 aromatic carbocycles. The third-order valence-corrected chi connectivity index (χ3v) is 3.68. The van der Waals surface area contributed by atoms with Gasteiger partial charge in [0, 0.05) is 31.7 Å². The number of ether oxygens (including phenoxy) is 1. The zero-order valence-electron chi connectivity index (χ0n) is 12.2. The number of nitrogens with two attached hydrogens (primary N) is 1. The Balaban J connectivity index is 1.80. The van der Waals surface area contributed by atoms with E-state index >= 15 is 0 Å². The molecule has 0 amide bonds. The minimum Gasteiger partial charge on any atom is -0.495 e. The quantitative estimate of drug-likeness (QED) is 0.847. The van der Waals surface area contributed by atoms with Gasteiger partial charge in [0.05, 0.1) is 12.8 Å². The van der Waals surface area contributed by atoms with Gasteiger partial charge in [0.1, 0.15) is 5.75 Å².